The van der Waals surface area contributed by atoms with Crippen molar-refractivity contribution in [1.29, 1.82) is 0 Å². The van der Waals surface area contributed by atoms with Crippen LogP contribution >= 0.6 is 0 Å². The van der Waals surface area contributed by atoms with Crippen LogP contribution in [0.5, 0.6) is 0 Å². The lowest BCUT2D eigenvalue weighted by Crippen LogP contribution is -2.53. The third kappa shape index (κ3) is 2.47. The summed E-state index contributed by atoms with van der Waals surface area (Å²) in [4.78, 5) is 14.6. The molecule has 2 aliphatic rings. The van der Waals surface area contributed by atoms with Crippen LogP contribution in [0.25, 0.3) is 6.08 Å². The lowest BCUT2D eigenvalue weighted by Gasteiger charge is -2.32. The van der Waals surface area contributed by atoms with Gasteiger partial charge in [-0.3, -0.25) is 10.2 Å². The van der Waals surface area contributed by atoms with Crippen LogP contribution in [0.3, 0.4) is 0 Å². The maximum Gasteiger partial charge on any atom is 0.263 e. The van der Waals surface area contributed by atoms with E-state index in [9.17, 15) is 4.79 Å². The van der Waals surface area contributed by atoms with E-state index in [-0.39, 0.29) is 11.9 Å². The first-order chi connectivity index (χ1) is 9.65. The molecule has 0 bridgehead atoms. The first-order valence-electron chi connectivity index (χ1n) is 6.96. The average molecular weight is 272 g/mol. The fraction of sp³-hybridized carbons (Fsp3) is 0.400. The number of amides is 1. The van der Waals surface area contributed by atoms with E-state index in [2.05, 4.69) is 17.4 Å². The van der Waals surface area contributed by atoms with E-state index >= 15 is 0 Å². The Morgan fingerprint density at radius 2 is 1.95 bits per heavy atom. The minimum atomic E-state index is -0.321. The highest BCUT2D eigenvalue weighted by molar-refractivity contribution is 6.01. The molecule has 0 saturated carbocycles. The molecule has 0 spiro atoms. The zero-order valence-electron chi connectivity index (χ0n) is 11.7. The number of hydrazine groups is 1. The molecule has 5 heteroatoms. The molecule has 1 atom stereocenters. The second-order valence-electron chi connectivity index (χ2n) is 5.44. The molecule has 106 valence electrons. The Bertz CT molecular complexity index is 547. The van der Waals surface area contributed by atoms with Crippen LogP contribution in [0.4, 0.5) is 0 Å². The Balaban J connectivity index is 1.67. The molecule has 1 aliphatic carbocycles. The number of piperazine rings is 1. The standard InChI is InChI=1S/C15H20N4O/c1-18-6-8-19(9-7-18)17-15(20)13-10-11-4-2-3-5-12(11)14(13)16/h2-5,10,14H,6-9,16H2,1H3,(H,17,20). The van der Waals surface area contributed by atoms with Gasteiger partial charge in [0.1, 0.15) is 0 Å². The van der Waals surface area contributed by atoms with Crippen LogP contribution in [0, 0.1) is 0 Å². The molecule has 1 aromatic rings. The monoisotopic (exact) mass is 272 g/mol. The van der Waals surface area contributed by atoms with E-state index in [0.29, 0.717) is 5.57 Å². The van der Waals surface area contributed by atoms with Gasteiger partial charge in [0, 0.05) is 31.8 Å². The number of carbonyl (C=O) groups excluding carboxylic acids is 1. The summed E-state index contributed by atoms with van der Waals surface area (Å²) in [7, 11) is 2.09. The molecule has 1 unspecified atom stereocenters. The van der Waals surface area contributed by atoms with Crippen LogP contribution in [-0.4, -0.2) is 49.0 Å². The highest BCUT2D eigenvalue weighted by Crippen LogP contribution is 2.32. The quantitative estimate of drug-likeness (QED) is 0.816. The van der Waals surface area contributed by atoms with E-state index in [0.717, 1.165) is 37.3 Å². The number of fused-ring (bicyclic) bond motifs is 1. The van der Waals surface area contributed by atoms with Crippen molar-refractivity contribution in [3.63, 3.8) is 0 Å². The van der Waals surface area contributed by atoms with Gasteiger partial charge >= 0.3 is 0 Å². The van der Waals surface area contributed by atoms with Gasteiger partial charge in [0.25, 0.3) is 5.91 Å². The summed E-state index contributed by atoms with van der Waals surface area (Å²) in [5.74, 6) is -0.0850. The van der Waals surface area contributed by atoms with Gasteiger partial charge in [-0.2, -0.15) is 0 Å². The van der Waals surface area contributed by atoms with Gasteiger partial charge in [0.05, 0.1) is 6.04 Å². The highest BCUT2D eigenvalue weighted by Gasteiger charge is 2.27. The van der Waals surface area contributed by atoms with Gasteiger partial charge in [-0.25, -0.2) is 5.01 Å². The maximum atomic E-state index is 12.4. The number of nitrogens with two attached hydrogens (primary N) is 1. The van der Waals surface area contributed by atoms with E-state index < -0.39 is 0 Å². The molecule has 3 rings (SSSR count). The first-order valence-corrected chi connectivity index (χ1v) is 6.96. The van der Waals surface area contributed by atoms with Crippen molar-refractivity contribution in [2.45, 2.75) is 6.04 Å². The van der Waals surface area contributed by atoms with Crippen molar-refractivity contribution in [3.05, 3.63) is 41.0 Å². The second-order valence-corrected chi connectivity index (χ2v) is 5.44. The van der Waals surface area contributed by atoms with Gasteiger partial charge in [0.2, 0.25) is 0 Å². The predicted octanol–water partition coefficient (Wildman–Crippen LogP) is 0.362. The third-order valence-corrected chi connectivity index (χ3v) is 4.00. The minimum absolute atomic E-state index is 0.0850. The van der Waals surface area contributed by atoms with Crippen LogP contribution in [-0.2, 0) is 4.79 Å². The van der Waals surface area contributed by atoms with Crippen molar-refractivity contribution in [2.24, 2.45) is 5.73 Å². The second kappa shape index (κ2) is 5.36. The van der Waals surface area contributed by atoms with Crippen molar-refractivity contribution in [2.75, 3.05) is 33.2 Å². The molecular formula is C15H20N4O. The molecule has 5 nitrogen and oxygen atoms in total. The van der Waals surface area contributed by atoms with Crippen molar-refractivity contribution in [3.8, 4) is 0 Å². The molecule has 20 heavy (non-hydrogen) atoms. The molecule has 0 radical (unpaired) electrons. The molecule has 1 amide bonds. The molecule has 0 aromatic heterocycles. The Labute approximate surface area is 119 Å². The first kappa shape index (κ1) is 13.3. The smallest absolute Gasteiger partial charge is 0.263 e. The Hall–Kier alpha value is -1.69. The molecule has 1 aliphatic heterocycles. The van der Waals surface area contributed by atoms with Crippen LogP contribution in [0.15, 0.2) is 29.8 Å². The number of hydrogen-bond donors (Lipinski definition) is 2. The molecule has 1 aromatic carbocycles. The van der Waals surface area contributed by atoms with Crippen LogP contribution in [0.1, 0.15) is 17.2 Å². The molecule has 1 fully saturated rings. The Morgan fingerprint density at radius 3 is 2.65 bits per heavy atom. The summed E-state index contributed by atoms with van der Waals surface area (Å²) in [6.07, 6.45) is 1.89. The molecule has 1 saturated heterocycles. The van der Waals surface area contributed by atoms with E-state index in [1.807, 2.05) is 35.4 Å². The molecule has 1 heterocycles. The summed E-state index contributed by atoms with van der Waals surface area (Å²) in [5, 5.41) is 1.97. The van der Waals surface area contributed by atoms with Gasteiger partial charge in [0.15, 0.2) is 0 Å². The lowest BCUT2D eigenvalue weighted by atomic mass is 10.0. The number of carbonyl (C=O) groups is 1. The minimum Gasteiger partial charge on any atom is -0.320 e. The van der Waals surface area contributed by atoms with E-state index in [4.69, 9.17) is 5.73 Å². The summed E-state index contributed by atoms with van der Waals surface area (Å²) >= 11 is 0. The topological polar surface area (TPSA) is 61.6 Å². The average Bonchev–Trinajstić information content (AvgIpc) is 2.79. The summed E-state index contributed by atoms with van der Waals surface area (Å²) in [5.41, 5.74) is 11.8. The number of benzene rings is 1. The van der Waals surface area contributed by atoms with Crippen LogP contribution < -0.4 is 11.2 Å². The maximum absolute atomic E-state index is 12.4. The van der Waals surface area contributed by atoms with E-state index in [1.165, 1.54) is 0 Å². The lowest BCUT2D eigenvalue weighted by molar-refractivity contribution is -0.123. The van der Waals surface area contributed by atoms with Gasteiger partial charge in [-0.05, 0) is 24.3 Å². The van der Waals surface area contributed by atoms with Crippen LogP contribution in [0.2, 0.25) is 0 Å². The van der Waals surface area contributed by atoms with Gasteiger partial charge in [-0.15, -0.1) is 0 Å². The third-order valence-electron chi connectivity index (χ3n) is 4.00. The predicted molar refractivity (Wildman–Crippen MR) is 78.6 cm³/mol. The zero-order valence-corrected chi connectivity index (χ0v) is 11.7. The summed E-state index contributed by atoms with van der Waals surface area (Å²) in [6.45, 7) is 3.62. The fourth-order valence-electron chi connectivity index (χ4n) is 2.68. The summed E-state index contributed by atoms with van der Waals surface area (Å²) < 4.78 is 0. The number of rotatable bonds is 2. The number of nitrogens with zero attached hydrogens (tertiary/aromatic N) is 2. The fourth-order valence-corrected chi connectivity index (χ4v) is 2.68. The highest BCUT2D eigenvalue weighted by atomic mass is 16.2. The van der Waals surface area contributed by atoms with Crippen molar-refractivity contribution < 1.29 is 4.79 Å². The van der Waals surface area contributed by atoms with Crippen molar-refractivity contribution >= 4 is 12.0 Å². The summed E-state index contributed by atoms with van der Waals surface area (Å²) in [6, 6.07) is 7.56. The molecular weight excluding hydrogens is 252 g/mol. The van der Waals surface area contributed by atoms with E-state index in [1.54, 1.807) is 0 Å². The normalized spacial score (nSPS) is 23.3. The number of hydrogen-bond acceptors (Lipinski definition) is 4. The zero-order chi connectivity index (χ0) is 14.1. The SMILES string of the molecule is CN1CCN(NC(=O)C2=Cc3ccccc3C2N)CC1. The number of nitrogens with one attached hydrogen (secondary N) is 1. The Kier molecular flexibility index (Phi) is 3.56. The van der Waals surface area contributed by atoms with Gasteiger partial charge in [-0.1, -0.05) is 24.3 Å². The van der Waals surface area contributed by atoms with Crippen molar-refractivity contribution in [1.82, 2.24) is 15.3 Å². The largest absolute Gasteiger partial charge is 0.320 e. The van der Waals surface area contributed by atoms with Gasteiger partial charge < -0.3 is 10.6 Å². The molecule has 3 N–H and O–H groups in total. The Morgan fingerprint density at radius 1 is 1.25 bits per heavy atom. The number of likely N-dealkylation sites (N-methyl/N-ethyl adjacent to an activating group) is 1.